The first-order chi connectivity index (χ1) is 7.78. The Bertz CT molecular complexity index is 263. The molecular weight excluding hydrogens is 222 g/mol. The molecular formula is C12H24NO4+. The zero-order valence-electron chi connectivity index (χ0n) is 11.2. The van der Waals surface area contributed by atoms with E-state index in [2.05, 4.69) is 0 Å². The number of hydrogen-bond donors (Lipinski definition) is 1. The van der Waals surface area contributed by atoms with Gasteiger partial charge in [-0.1, -0.05) is 13.8 Å². The summed E-state index contributed by atoms with van der Waals surface area (Å²) >= 11 is 0. The number of quaternary nitrogens is 1. The van der Waals surface area contributed by atoms with Crippen LogP contribution in [0.1, 0.15) is 26.7 Å². The zero-order chi connectivity index (χ0) is 13.5. The Morgan fingerprint density at radius 2 is 1.88 bits per heavy atom. The Labute approximate surface area is 103 Å². The summed E-state index contributed by atoms with van der Waals surface area (Å²) in [5.74, 6) is -1.04. The second-order valence-corrected chi connectivity index (χ2v) is 5.00. The molecule has 0 aromatic carbocycles. The summed E-state index contributed by atoms with van der Waals surface area (Å²) in [6.07, 6.45) is 0.905. The first-order valence-corrected chi connectivity index (χ1v) is 5.99. The van der Waals surface area contributed by atoms with Crippen molar-refractivity contribution in [2.45, 2.75) is 26.7 Å². The van der Waals surface area contributed by atoms with Gasteiger partial charge in [-0.2, -0.15) is 0 Å². The van der Waals surface area contributed by atoms with Crippen molar-refractivity contribution in [3.05, 3.63) is 0 Å². The van der Waals surface area contributed by atoms with Crippen molar-refractivity contribution in [2.75, 3.05) is 33.8 Å². The van der Waals surface area contributed by atoms with E-state index < -0.39 is 5.97 Å². The molecule has 5 heteroatoms. The maximum absolute atomic E-state index is 11.4. The summed E-state index contributed by atoms with van der Waals surface area (Å²) in [5.41, 5.74) is 0. The fourth-order valence-corrected chi connectivity index (χ4v) is 1.21. The van der Waals surface area contributed by atoms with Gasteiger partial charge in [0.15, 0.2) is 0 Å². The van der Waals surface area contributed by atoms with Crippen LogP contribution in [0.5, 0.6) is 0 Å². The van der Waals surface area contributed by atoms with Crippen LogP contribution < -0.4 is 0 Å². The molecule has 0 aliphatic rings. The lowest BCUT2D eigenvalue weighted by Gasteiger charge is -2.29. The Morgan fingerprint density at radius 1 is 1.29 bits per heavy atom. The average molecular weight is 246 g/mol. The van der Waals surface area contributed by atoms with Gasteiger partial charge in [-0.3, -0.25) is 9.59 Å². The monoisotopic (exact) mass is 246 g/mol. The summed E-state index contributed by atoms with van der Waals surface area (Å²) in [6, 6.07) is 0. The van der Waals surface area contributed by atoms with Crippen LogP contribution in [0.25, 0.3) is 0 Å². The molecule has 0 bridgehead atoms. The Morgan fingerprint density at radius 3 is 2.35 bits per heavy atom. The van der Waals surface area contributed by atoms with E-state index in [9.17, 15) is 9.59 Å². The van der Waals surface area contributed by atoms with Gasteiger partial charge in [-0.15, -0.1) is 0 Å². The van der Waals surface area contributed by atoms with Crippen LogP contribution in [0.3, 0.4) is 0 Å². The third kappa shape index (κ3) is 7.74. The van der Waals surface area contributed by atoms with Gasteiger partial charge in [0, 0.05) is 0 Å². The van der Waals surface area contributed by atoms with Crippen LogP contribution in [-0.2, 0) is 14.3 Å². The Balaban J connectivity index is 3.86. The van der Waals surface area contributed by atoms with Gasteiger partial charge in [0.1, 0.15) is 13.2 Å². The van der Waals surface area contributed by atoms with Crippen LogP contribution in [0.4, 0.5) is 0 Å². The van der Waals surface area contributed by atoms with Crippen molar-refractivity contribution in [1.82, 2.24) is 0 Å². The number of rotatable bonds is 8. The fourth-order valence-electron chi connectivity index (χ4n) is 1.21. The van der Waals surface area contributed by atoms with Gasteiger partial charge in [-0.25, -0.2) is 0 Å². The molecule has 0 amide bonds. The molecule has 0 spiro atoms. The summed E-state index contributed by atoms with van der Waals surface area (Å²) in [5, 5.41) is 8.60. The minimum Gasteiger partial charge on any atom is -0.481 e. The van der Waals surface area contributed by atoms with Gasteiger partial charge >= 0.3 is 11.9 Å². The minimum absolute atomic E-state index is 0.0652. The number of esters is 1. The molecule has 0 aliphatic heterocycles. The van der Waals surface area contributed by atoms with E-state index in [0.29, 0.717) is 24.2 Å². The predicted octanol–water partition coefficient (Wildman–Crippen LogP) is 1.13. The molecule has 1 atom stereocenters. The standard InChI is InChI=1S/C12H23NO4/c1-5-10(2)12(16)17-9-8-13(3,4)7-6-11(14)15/h10H,5-9H2,1-4H3/p+1. The normalized spacial score (nSPS) is 13.2. The molecule has 17 heavy (non-hydrogen) atoms. The van der Waals surface area contributed by atoms with E-state index in [1.807, 2.05) is 27.9 Å². The first-order valence-electron chi connectivity index (χ1n) is 5.99. The maximum Gasteiger partial charge on any atom is 0.309 e. The number of carboxylic acids is 1. The second kappa shape index (κ2) is 7.27. The molecule has 0 saturated heterocycles. The molecule has 0 fully saturated rings. The van der Waals surface area contributed by atoms with Gasteiger partial charge < -0.3 is 14.3 Å². The summed E-state index contributed by atoms with van der Waals surface area (Å²) in [7, 11) is 3.86. The van der Waals surface area contributed by atoms with Crippen molar-refractivity contribution in [3.8, 4) is 0 Å². The number of ether oxygens (including phenoxy) is 1. The smallest absolute Gasteiger partial charge is 0.309 e. The minimum atomic E-state index is -0.798. The zero-order valence-corrected chi connectivity index (χ0v) is 11.2. The van der Waals surface area contributed by atoms with E-state index in [4.69, 9.17) is 9.84 Å². The number of carbonyl (C=O) groups excluding carboxylic acids is 1. The lowest BCUT2D eigenvalue weighted by atomic mass is 10.1. The van der Waals surface area contributed by atoms with Gasteiger partial charge in [0.2, 0.25) is 0 Å². The van der Waals surface area contributed by atoms with E-state index in [1.165, 1.54) is 0 Å². The van der Waals surface area contributed by atoms with E-state index >= 15 is 0 Å². The molecule has 100 valence electrons. The van der Waals surface area contributed by atoms with E-state index in [-0.39, 0.29) is 18.3 Å². The van der Waals surface area contributed by atoms with Crippen molar-refractivity contribution >= 4 is 11.9 Å². The lowest BCUT2D eigenvalue weighted by molar-refractivity contribution is -0.889. The fraction of sp³-hybridized carbons (Fsp3) is 0.833. The number of nitrogens with zero attached hydrogens (tertiary/aromatic N) is 1. The van der Waals surface area contributed by atoms with Crippen LogP contribution >= 0.6 is 0 Å². The molecule has 5 nitrogen and oxygen atoms in total. The molecule has 1 unspecified atom stereocenters. The van der Waals surface area contributed by atoms with Crippen molar-refractivity contribution in [2.24, 2.45) is 5.92 Å². The molecule has 0 aromatic rings. The maximum atomic E-state index is 11.4. The van der Waals surface area contributed by atoms with Crippen LogP contribution in [0.15, 0.2) is 0 Å². The predicted molar refractivity (Wildman–Crippen MR) is 64.5 cm³/mol. The summed E-state index contributed by atoms with van der Waals surface area (Å²) < 4.78 is 5.68. The molecule has 1 N–H and O–H groups in total. The second-order valence-electron chi connectivity index (χ2n) is 5.00. The van der Waals surface area contributed by atoms with Crippen LogP contribution in [0.2, 0.25) is 0 Å². The van der Waals surface area contributed by atoms with Gasteiger partial charge in [0.05, 0.1) is 33.0 Å². The number of hydrogen-bond acceptors (Lipinski definition) is 3. The Hall–Kier alpha value is -1.10. The van der Waals surface area contributed by atoms with Crippen molar-refractivity contribution in [3.63, 3.8) is 0 Å². The molecule has 0 saturated carbocycles. The molecule has 0 rings (SSSR count). The van der Waals surface area contributed by atoms with E-state index in [0.717, 1.165) is 6.42 Å². The van der Waals surface area contributed by atoms with Crippen LogP contribution in [0, 0.1) is 5.92 Å². The van der Waals surface area contributed by atoms with Gasteiger partial charge in [0.25, 0.3) is 0 Å². The van der Waals surface area contributed by atoms with E-state index in [1.54, 1.807) is 0 Å². The third-order valence-corrected chi connectivity index (χ3v) is 2.89. The quantitative estimate of drug-likeness (QED) is 0.515. The highest BCUT2D eigenvalue weighted by Gasteiger charge is 2.18. The van der Waals surface area contributed by atoms with Crippen molar-refractivity contribution in [1.29, 1.82) is 0 Å². The van der Waals surface area contributed by atoms with Crippen LogP contribution in [-0.4, -0.2) is 55.3 Å². The number of likely N-dealkylation sites (N-methyl/N-ethyl adjacent to an activating group) is 1. The highest BCUT2D eigenvalue weighted by atomic mass is 16.5. The SMILES string of the molecule is CCC(C)C(=O)OCC[N+](C)(C)CCC(=O)O. The average Bonchev–Trinajstić information content (AvgIpc) is 2.25. The molecule has 0 radical (unpaired) electrons. The topological polar surface area (TPSA) is 63.6 Å². The molecule has 0 aliphatic carbocycles. The number of carboxylic acid groups (broad SMARTS) is 1. The first kappa shape index (κ1) is 15.9. The lowest BCUT2D eigenvalue weighted by Crippen LogP contribution is -2.44. The van der Waals surface area contributed by atoms with Gasteiger partial charge in [-0.05, 0) is 6.42 Å². The largest absolute Gasteiger partial charge is 0.481 e. The molecule has 0 aromatic heterocycles. The Kier molecular flexibility index (Phi) is 6.80. The summed E-state index contributed by atoms with van der Waals surface area (Å²) in [4.78, 5) is 21.9. The number of carbonyl (C=O) groups is 2. The molecule has 0 heterocycles. The third-order valence-electron chi connectivity index (χ3n) is 2.89. The van der Waals surface area contributed by atoms with Crippen molar-refractivity contribution < 1.29 is 23.9 Å². The number of aliphatic carboxylic acids is 1. The highest BCUT2D eigenvalue weighted by molar-refractivity contribution is 5.71. The summed E-state index contributed by atoms with van der Waals surface area (Å²) in [6.45, 7) is 5.30. The highest BCUT2D eigenvalue weighted by Crippen LogP contribution is 2.04.